The van der Waals surface area contributed by atoms with E-state index in [0.29, 0.717) is 17.7 Å². The average Bonchev–Trinajstić information content (AvgIpc) is 2.56. The zero-order valence-electron chi connectivity index (χ0n) is 13.2. The van der Waals surface area contributed by atoms with E-state index < -0.39 is 5.97 Å². The van der Waals surface area contributed by atoms with E-state index in [1.54, 1.807) is 36.0 Å². The fraction of sp³-hybridized carbons (Fsp3) is 0.222. The number of hydrogen-bond donors (Lipinski definition) is 1. The minimum atomic E-state index is -0.391. The molecule has 0 atom stereocenters. The Hall–Kier alpha value is -2.27. The standard InChI is InChI=1S/C18H19NO3S/c1-13-3-9-16(10-4-13)23-12-11-17(20)19-15-7-5-14(6-8-15)18(21)22-2/h3-10H,11-12H2,1-2H3,(H,19,20). The molecule has 0 aliphatic heterocycles. The number of carbonyl (C=O) groups excluding carboxylic acids is 2. The van der Waals surface area contributed by atoms with Gasteiger partial charge in [-0.1, -0.05) is 17.7 Å². The van der Waals surface area contributed by atoms with E-state index >= 15 is 0 Å². The van der Waals surface area contributed by atoms with Gasteiger partial charge in [0.25, 0.3) is 0 Å². The van der Waals surface area contributed by atoms with E-state index in [9.17, 15) is 9.59 Å². The Labute approximate surface area is 140 Å². The number of thioether (sulfide) groups is 1. The van der Waals surface area contributed by atoms with Crippen molar-refractivity contribution in [2.45, 2.75) is 18.2 Å². The van der Waals surface area contributed by atoms with Gasteiger partial charge in [-0.05, 0) is 43.3 Å². The molecule has 0 bridgehead atoms. The van der Waals surface area contributed by atoms with Gasteiger partial charge in [0, 0.05) is 22.8 Å². The van der Waals surface area contributed by atoms with Gasteiger partial charge in [0.2, 0.25) is 5.91 Å². The number of ether oxygens (including phenoxy) is 1. The fourth-order valence-electron chi connectivity index (χ4n) is 1.93. The maximum absolute atomic E-state index is 11.9. The first kappa shape index (κ1) is 17.1. The van der Waals surface area contributed by atoms with Crippen molar-refractivity contribution in [3.63, 3.8) is 0 Å². The molecule has 0 saturated carbocycles. The Morgan fingerprint density at radius 3 is 2.30 bits per heavy atom. The Morgan fingerprint density at radius 2 is 1.70 bits per heavy atom. The van der Waals surface area contributed by atoms with Gasteiger partial charge in [0.1, 0.15) is 0 Å². The van der Waals surface area contributed by atoms with Crippen LogP contribution in [0.25, 0.3) is 0 Å². The third kappa shape index (κ3) is 5.45. The predicted molar refractivity (Wildman–Crippen MR) is 92.9 cm³/mol. The maximum atomic E-state index is 11.9. The van der Waals surface area contributed by atoms with Crippen molar-refractivity contribution in [1.29, 1.82) is 0 Å². The highest BCUT2D eigenvalue weighted by atomic mass is 32.2. The van der Waals surface area contributed by atoms with E-state index in [0.717, 1.165) is 10.6 Å². The number of anilines is 1. The van der Waals surface area contributed by atoms with E-state index in [1.807, 2.05) is 6.92 Å². The Bertz CT molecular complexity index is 666. The summed E-state index contributed by atoms with van der Waals surface area (Å²) in [6, 6.07) is 14.9. The quantitative estimate of drug-likeness (QED) is 0.645. The second-order valence-corrected chi connectivity index (χ2v) is 6.20. The molecular weight excluding hydrogens is 310 g/mol. The number of esters is 1. The molecule has 1 amide bonds. The Morgan fingerprint density at radius 1 is 1.04 bits per heavy atom. The molecule has 4 nitrogen and oxygen atoms in total. The van der Waals surface area contributed by atoms with Crippen LogP contribution in [0.3, 0.4) is 0 Å². The molecule has 0 fully saturated rings. The first-order chi connectivity index (χ1) is 11.1. The zero-order valence-corrected chi connectivity index (χ0v) is 14.0. The first-order valence-corrected chi connectivity index (χ1v) is 8.25. The number of aryl methyl sites for hydroxylation is 1. The molecule has 0 saturated heterocycles. The van der Waals surface area contributed by atoms with Crippen LogP contribution in [-0.2, 0) is 9.53 Å². The van der Waals surface area contributed by atoms with Crippen molar-refractivity contribution in [2.24, 2.45) is 0 Å². The summed E-state index contributed by atoms with van der Waals surface area (Å²) in [5.41, 5.74) is 2.35. The van der Waals surface area contributed by atoms with E-state index in [1.165, 1.54) is 12.7 Å². The number of carbonyl (C=O) groups is 2. The summed E-state index contributed by atoms with van der Waals surface area (Å²) in [6.45, 7) is 2.05. The summed E-state index contributed by atoms with van der Waals surface area (Å²) >= 11 is 1.66. The molecule has 120 valence electrons. The lowest BCUT2D eigenvalue weighted by Gasteiger charge is -2.06. The van der Waals surface area contributed by atoms with Gasteiger partial charge in [-0.2, -0.15) is 0 Å². The molecule has 0 spiro atoms. The topological polar surface area (TPSA) is 55.4 Å². The molecular formula is C18H19NO3S. The van der Waals surface area contributed by atoms with Gasteiger partial charge in [-0.3, -0.25) is 4.79 Å². The summed E-state index contributed by atoms with van der Waals surface area (Å²) in [6.07, 6.45) is 0.428. The van der Waals surface area contributed by atoms with Crippen molar-refractivity contribution < 1.29 is 14.3 Å². The molecule has 5 heteroatoms. The number of nitrogens with one attached hydrogen (secondary N) is 1. The molecule has 1 N–H and O–H groups in total. The van der Waals surface area contributed by atoms with Crippen LogP contribution in [0.15, 0.2) is 53.4 Å². The molecule has 0 aromatic heterocycles. The third-order valence-electron chi connectivity index (χ3n) is 3.21. The Kier molecular flexibility index (Phi) is 6.23. The van der Waals surface area contributed by atoms with Crippen LogP contribution in [0.4, 0.5) is 5.69 Å². The van der Waals surface area contributed by atoms with Crippen molar-refractivity contribution in [3.8, 4) is 0 Å². The molecule has 2 aromatic rings. The lowest BCUT2D eigenvalue weighted by Crippen LogP contribution is -2.12. The highest BCUT2D eigenvalue weighted by Gasteiger charge is 2.06. The van der Waals surface area contributed by atoms with Crippen LogP contribution in [0.1, 0.15) is 22.3 Å². The van der Waals surface area contributed by atoms with E-state index in [-0.39, 0.29) is 5.91 Å². The lowest BCUT2D eigenvalue weighted by molar-refractivity contribution is -0.115. The molecule has 0 aliphatic rings. The molecule has 0 radical (unpaired) electrons. The average molecular weight is 329 g/mol. The zero-order chi connectivity index (χ0) is 16.7. The van der Waals surface area contributed by atoms with Crippen molar-refractivity contribution in [1.82, 2.24) is 0 Å². The van der Waals surface area contributed by atoms with Gasteiger partial charge >= 0.3 is 5.97 Å². The second-order valence-electron chi connectivity index (χ2n) is 5.03. The smallest absolute Gasteiger partial charge is 0.337 e. The van der Waals surface area contributed by atoms with E-state index in [2.05, 4.69) is 34.3 Å². The number of methoxy groups -OCH3 is 1. The lowest BCUT2D eigenvalue weighted by atomic mass is 10.2. The number of hydrogen-bond acceptors (Lipinski definition) is 4. The molecule has 0 unspecified atom stereocenters. The van der Waals surface area contributed by atoms with Crippen LogP contribution in [0.2, 0.25) is 0 Å². The summed E-state index contributed by atoms with van der Waals surface area (Å²) in [4.78, 5) is 24.4. The third-order valence-corrected chi connectivity index (χ3v) is 4.22. The van der Waals surface area contributed by atoms with Crippen molar-refractivity contribution in [2.75, 3.05) is 18.2 Å². The van der Waals surface area contributed by atoms with Crippen LogP contribution >= 0.6 is 11.8 Å². The number of amides is 1. The maximum Gasteiger partial charge on any atom is 0.337 e. The van der Waals surface area contributed by atoms with E-state index in [4.69, 9.17) is 0 Å². The monoisotopic (exact) mass is 329 g/mol. The second kappa shape index (κ2) is 8.39. The largest absolute Gasteiger partial charge is 0.465 e. The normalized spacial score (nSPS) is 10.2. The fourth-order valence-corrected chi connectivity index (χ4v) is 2.78. The minimum Gasteiger partial charge on any atom is -0.465 e. The predicted octanol–water partition coefficient (Wildman–Crippen LogP) is 3.90. The molecule has 2 aromatic carbocycles. The van der Waals surface area contributed by atoms with Crippen LogP contribution in [0.5, 0.6) is 0 Å². The SMILES string of the molecule is COC(=O)c1ccc(NC(=O)CCSc2ccc(C)cc2)cc1. The number of rotatable bonds is 6. The van der Waals surface area contributed by atoms with Crippen molar-refractivity contribution >= 4 is 29.3 Å². The Balaban J connectivity index is 1.78. The van der Waals surface area contributed by atoms with Gasteiger partial charge < -0.3 is 10.1 Å². The summed E-state index contributed by atoms with van der Waals surface area (Å²) in [7, 11) is 1.34. The van der Waals surface area contributed by atoms with Gasteiger partial charge in [0.15, 0.2) is 0 Å². The first-order valence-electron chi connectivity index (χ1n) is 7.26. The highest BCUT2D eigenvalue weighted by molar-refractivity contribution is 7.99. The molecule has 23 heavy (non-hydrogen) atoms. The van der Waals surface area contributed by atoms with Gasteiger partial charge in [0.05, 0.1) is 12.7 Å². The van der Waals surface area contributed by atoms with Gasteiger partial charge in [-0.25, -0.2) is 4.79 Å². The molecule has 0 heterocycles. The van der Waals surface area contributed by atoms with Crippen LogP contribution in [-0.4, -0.2) is 24.7 Å². The summed E-state index contributed by atoms with van der Waals surface area (Å²) < 4.78 is 4.63. The molecule has 2 rings (SSSR count). The highest BCUT2D eigenvalue weighted by Crippen LogP contribution is 2.19. The van der Waals surface area contributed by atoms with Gasteiger partial charge in [-0.15, -0.1) is 11.8 Å². The number of benzene rings is 2. The summed E-state index contributed by atoms with van der Waals surface area (Å²) in [5, 5.41) is 2.82. The van der Waals surface area contributed by atoms with Crippen LogP contribution in [0, 0.1) is 6.92 Å². The van der Waals surface area contributed by atoms with Crippen molar-refractivity contribution in [3.05, 3.63) is 59.7 Å². The van der Waals surface area contributed by atoms with Crippen LogP contribution < -0.4 is 5.32 Å². The minimum absolute atomic E-state index is 0.0459. The molecule has 0 aliphatic carbocycles. The summed E-state index contributed by atoms with van der Waals surface area (Å²) in [5.74, 6) is 0.280.